The molecule has 0 aromatic heterocycles. The lowest BCUT2D eigenvalue weighted by Gasteiger charge is -2.35. The molecule has 1 amide bonds. The fraction of sp³-hybridized carbons (Fsp3) is 0.632. The lowest BCUT2D eigenvalue weighted by atomic mass is 10.1. The summed E-state index contributed by atoms with van der Waals surface area (Å²) in [7, 11) is 0. The average molecular weight is 347 g/mol. The Kier molecular flexibility index (Phi) is 6.42. The largest absolute Gasteiger partial charge is 0.373 e. The molecule has 3 unspecified atom stereocenters. The van der Waals surface area contributed by atoms with E-state index in [0.717, 1.165) is 31.7 Å². The summed E-state index contributed by atoms with van der Waals surface area (Å²) in [5.74, 6) is -0.0485. The Morgan fingerprint density at radius 3 is 2.52 bits per heavy atom. The number of nitrogens with one attached hydrogen (secondary N) is 2. The van der Waals surface area contributed by atoms with Crippen molar-refractivity contribution in [3.8, 4) is 0 Å². The van der Waals surface area contributed by atoms with Crippen LogP contribution in [0.1, 0.15) is 25.0 Å². The van der Waals surface area contributed by atoms with Crippen molar-refractivity contribution in [2.75, 3.05) is 32.8 Å². The van der Waals surface area contributed by atoms with Crippen molar-refractivity contribution in [3.63, 3.8) is 0 Å². The number of carbonyl (C=O) groups is 1. The van der Waals surface area contributed by atoms with Crippen LogP contribution in [-0.2, 0) is 27.4 Å². The summed E-state index contributed by atoms with van der Waals surface area (Å²) < 4.78 is 11.2. The first-order valence-corrected chi connectivity index (χ1v) is 9.16. The molecule has 3 atom stereocenters. The first-order chi connectivity index (χ1) is 12.1. The normalized spacial score (nSPS) is 27.8. The van der Waals surface area contributed by atoms with Gasteiger partial charge in [0.05, 0.1) is 18.8 Å². The molecule has 138 valence electrons. The van der Waals surface area contributed by atoms with Gasteiger partial charge in [0.1, 0.15) is 6.10 Å². The first-order valence-electron chi connectivity index (χ1n) is 9.16. The third-order valence-electron chi connectivity index (χ3n) is 4.61. The molecule has 2 N–H and O–H groups in total. The molecule has 2 aliphatic rings. The lowest BCUT2D eigenvalue weighted by molar-refractivity contribution is -0.134. The maximum absolute atomic E-state index is 12.1. The highest BCUT2D eigenvalue weighted by molar-refractivity contribution is 5.81. The number of benzene rings is 1. The average Bonchev–Trinajstić information content (AvgIpc) is 2.61. The third kappa shape index (κ3) is 5.51. The summed E-state index contributed by atoms with van der Waals surface area (Å²) in [6.07, 6.45) is 0.197. The minimum Gasteiger partial charge on any atom is -0.373 e. The minimum absolute atomic E-state index is 0.0485. The Labute approximate surface area is 149 Å². The van der Waals surface area contributed by atoms with Gasteiger partial charge in [-0.2, -0.15) is 0 Å². The Hall–Kier alpha value is -1.47. The van der Waals surface area contributed by atoms with Crippen molar-refractivity contribution in [2.45, 2.75) is 45.2 Å². The number of hydrogen-bond donors (Lipinski definition) is 2. The van der Waals surface area contributed by atoms with Crippen molar-refractivity contribution in [2.24, 2.45) is 0 Å². The van der Waals surface area contributed by atoms with Crippen molar-refractivity contribution in [3.05, 3.63) is 35.4 Å². The highest BCUT2D eigenvalue weighted by Gasteiger charge is 2.22. The van der Waals surface area contributed by atoms with Crippen molar-refractivity contribution < 1.29 is 14.3 Å². The summed E-state index contributed by atoms with van der Waals surface area (Å²) in [5, 5.41) is 6.12. The fourth-order valence-electron chi connectivity index (χ4n) is 3.47. The summed E-state index contributed by atoms with van der Waals surface area (Å²) in [4.78, 5) is 14.5. The number of nitrogens with zero attached hydrogens (tertiary/aromatic N) is 1. The zero-order valence-electron chi connectivity index (χ0n) is 15.2. The van der Waals surface area contributed by atoms with Gasteiger partial charge in [-0.05, 0) is 25.0 Å². The Morgan fingerprint density at radius 1 is 1.20 bits per heavy atom. The number of rotatable bonds is 5. The van der Waals surface area contributed by atoms with Crippen LogP contribution in [0.2, 0.25) is 0 Å². The lowest BCUT2D eigenvalue weighted by Crippen LogP contribution is -2.47. The second-order valence-corrected chi connectivity index (χ2v) is 7.05. The van der Waals surface area contributed by atoms with E-state index < -0.39 is 0 Å². The van der Waals surface area contributed by atoms with Crippen molar-refractivity contribution in [1.29, 1.82) is 0 Å². The van der Waals surface area contributed by atoms with Gasteiger partial charge in [-0.3, -0.25) is 9.69 Å². The van der Waals surface area contributed by atoms with E-state index in [1.54, 1.807) is 0 Å². The zero-order valence-corrected chi connectivity index (χ0v) is 15.2. The molecule has 0 spiro atoms. The van der Waals surface area contributed by atoms with E-state index in [2.05, 4.69) is 53.6 Å². The molecule has 1 aromatic rings. The molecular formula is C19H29N3O3. The number of amides is 1. The predicted octanol–water partition coefficient (Wildman–Crippen LogP) is 0.900. The highest BCUT2D eigenvalue weighted by Crippen LogP contribution is 2.14. The molecule has 0 bridgehead atoms. The van der Waals surface area contributed by atoms with Crippen LogP contribution in [0.25, 0.3) is 0 Å². The van der Waals surface area contributed by atoms with E-state index in [-0.39, 0.29) is 24.2 Å². The van der Waals surface area contributed by atoms with Gasteiger partial charge in [0, 0.05) is 39.3 Å². The molecule has 2 heterocycles. The third-order valence-corrected chi connectivity index (χ3v) is 4.61. The topological polar surface area (TPSA) is 62.8 Å². The molecule has 2 aliphatic heterocycles. The Morgan fingerprint density at radius 2 is 1.88 bits per heavy atom. The van der Waals surface area contributed by atoms with Gasteiger partial charge in [0.2, 0.25) is 0 Å². The van der Waals surface area contributed by atoms with Crippen LogP contribution >= 0.6 is 0 Å². The molecular weight excluding hydrogens is 318 g/mol. The van der Waals surface area contributed by atoms with Crippen LogP contribution in [0.3, 0.4) is 0 Å². The zero-order chi connectivity index (χ0) is 17.6. The van der Waals surface area contributed by atoms with Crippen LogP contribution in [0.15, 0.2) is 24.3 Å². The Bertz CT molecular complexity index is 548. The second kappa shape index (κ2) is 8.76. The number of ether oxygens (including phenoxy) is 2. The van der Waals surface area contributed by atoms with E-state index in [9.17, 15) is 4.79 Å². The molecule has 3 rings (SSSR count). The van der Waals surface area contributed by atoms with Gasteiger partial charge in [-0.1, -0.05) is 24.3 Å². The number of carbonyl (C=O) groups excluding carboxylic acids is 1. The molecule has 1 aromatic carbocycles. The summed E-state index contributed by atoms with van der Waals surface area (Å²) in [6, 6.07) is 8.46. The van der Waals surface area contributed by atoms with Crippen molar-refractivity contribution in [1.82, 2.24) is 15.5 Å². The maximum Gasteiger partial charge on any atom is 0.250 e. The monoisotopic (exact) mass is 347 g/mol. The van der Waals surface area contributed by atoms with Gasteiger partial charge in [-0.15, -0.1) is 0 Å². The highest BCUT2D eigenvalue weighted by atomic mass is 16.5. The number of morpholine rings is 2. The summed E-state index contributed by atoms with van der Waals surface area (Å²) >= 11 is 0. The summed E-state index contributed by atoms with van der Waals surface area (Å²) in [6.45, 7) is 9.64. The van der Waals surface area contributed by atoms with Gasteiger partial charge in [0.15, 0.2) is 0 Å². The molecule has 6 nitrogen and oxygen atoms in total. The second-order valence-electron chi connectivity index (χ2n) is 7.05. The van der Waals surface area contributed by atoms with Crippen LogP contribution < -0.4 is 10.6 Å². The van der Waals surface area contributed by atoms with E-state index in [1.165, 1.54) is 5.56 Å². The molecule has 6 heteroatoms. The molecule has 2 fully saturated rings. The molecule has 2 saturated heterocycles. The van der Waals surface area contributed by atoms with Gasteiger partial charge < -0.3 is 20.1 Å². The van der Waals surface area contributed by atoms with Gasteiger partial charge in [-0.25, -0.2) is 0 Å². The first kappa shape index (κ1) is 18.3. The Balaban J connectivity index is 1.46. The van der Waals surface area contributed by atoms with E-state index in [4.69, 9.17) is 9.47 Å². The maximum atomic E-state index is 12.1. The standard InChI is InChI=1S/C19H29N3O3/c1-14-11-22(12-15(2)25-14)13-17-5-3-16(4-6-17)9-21-19(23)18-10-20-7-8-24-18/h3-6,14-15,18,20H,7-13H2,1-2H3,(H,21,23). The van der Waals surface area contributed by atoms with Crippen LogP contribution in [-0.4, -0.2) is 61.9 Å². The molecule has 0 saturated carbocycles. The van der Waals surface area contributed by atoms with Crippen LogP contribution in [0.4, 0.5) is 0 Å². The minimum atomic E-state index is -0.377. The molecule has 25 heavy (non-hydrogen) atoms. The van der Waals surface area contributed by atoms with Gasteiger partial charge in [0.25, 0.3) is 5.91 Å². The smallest absolute Gasteiger partial charge is 0.250 e. The molecule has 0 aliphatic carbocycles. The quantitative estimate of drug-likeness (QED) is 0.829. The van der Waals surface area contributed by atoms with E-state index in [0.29, 0.717) is 19.7 Å². The number of hydrogen-bond acceptors (Lipinski definition) is 5. The van der Waals surface area contributed by atoms with Gasteiger partial charge >= 0.3 is 0 Å². The van der Waals surface area contributed by atoms with E-state index in [1.807, 2.05) is 0 Å². The van der Waals surface area contributed by atoms with E-state index >= 15 is 0 Å². The summed E-state index contributed by atoms with van der Waals surface area (Å²) in [5.41, 5.74) is 2.39. The molecule has 0 radical (unpaired) electrons. The SMILES string of the molecule is CC1CN(Cc2ccc(CNC(=O)C3CNCCO3)cc2)CC(C)O1. The predicted molar refractivity (Wildman–Crippen MR) is 96.2 cm³/mol. The van der Waals surface area contributed by atoms with Crippen LogP contribution in [0.5, 0.6) is 0 Å². The van der Waals surface area contributed by atoms with Crippen molar-refractivity contribution >= 4 is 5.91 Å². The fourth-order valence-corrected chi connectivity index (χ4v) is 3.47. The van der Waals surface area contributed by atoms with Crippen LogP contribution in [0, 0.1) is 0 Å².